The Hall–Kier alpha value is -4.78. The first-order chi connectivity index (χ1) is 22.7. The number of para-hydroxylation sites is 2. The maximum atomic E-state index is 15.1. The molecule has 0 aliphatic carbocycles. The van der Waals surface area contributed by atoms with Gasteiger partial charge in [-0.25, -0.2) is 4.98 Å². The maximum absolute atomic E-state index is 15.1. The summed E-state index contributed by atoms with van der Waals surface area (Å²) >= 11 is 0. The maximum Gasteiger partial charge on any atom is 0.256 e. The molecule has 7 nitrogen and oxygen atoms in total. The quantitative estimate of drug-likeness (QED) is 0.186. The van der Waals surface area contributed by atoms with Gasteiger partial charge in [0.2, 0.25) is 0 Å². The van der Waals surface area contributed by atoms with Gasteiger partial charge in [-0.1, -0.05) is 63.2 Å². The van der Waals surface area contributed by atoms with Gasteiger partial charge in [-0.3, -0.25) is 4.79 Å². The molecule has 0 saturated carbocycles. The summed E-state index contributed by atoms with van der Waals surface area (Å²) in [7, 11) is 0. The van der Waals surface area contributed by atoms with Crippen LogP contribution in [-0.2, 0) is 5.54 Å². The number of nitrogens with one attached hydrogen (secondary N) is 1. The lowest BCUT2D eigenvalue weighted by atomic mass is 9.72. The molecule has 5 aromatic rings. The minimum atomic E-state index is -0.961. The first kappa shape index (κ1) is 30.9. The average Bonchev–Trinajstić information content (AvgIpc) is 3.59. The van der Waals surface area contributed by atoms with E-state index < -0.39 is 11.6 Å². The van der Waals surface area contributed by atoms with Crippen molar-refractivity contribution in [1.29, 1.82) is 0 Å². The van der Waals surface area contributed by atoms with E-state index in [-0.39, 0.29) is 11.3 Å². The molecule has 4 aromatic carbocycles. The van der Waals surface area contributed by atoms with Gasteiger partial charge in [0, 0.05) is 66.4 Å². The third kappa shape index (κ3) is 4.61. The molecule has 1 spiro atoms. The topological polar surface area (TPSA) is 64.7 Å². The number of imidazole rings is 1. The van der Waals surface area contributed by atoms with Gasteiger partial charge in [-0.15, -0.1) is 0 Å². The predicted molar refractivity (Wildman–Crippen MR) is 191 cm³/mol. The molecule has 7 heteroatoms. The second-order valence-electron chi connectivity index (χ2n) is 13.6. The van der Waals surface area contributed by atoms with Gasteiger partial charge in [0.1, 0.15) is 22.9 Å². The molecule has 1 amide bonds. The molecule has 0 saturated heterocycles. The molecule has 0 fully saturated rings. The highest BCUT2D eigenvalue weighted by molar-refractivity contribution is 6.03. The van der Waals surface area contributed by atoms with Crippen molar-refractivity contribution in [3.05, 3.63) is 113 Å². The number of carbonyl (C=O) groups is 1. The predicted octanol–water partition coefficient (Wildman–Crippen LogP) is 8.90. The summed E-state index contributed by atoms with van der Waals surface area (Å²) in [6.07, 6.45) is 0. The molecule has 242 valence electrons. The van der Waals surface area contributed by atoms with E-state index in [0.29, 0.717) is 5.56 Å². The van der Waals surface area contributed by atoms with E-state index in [1.165, 1.54) is 0 Å². The van der Waals surface area contributed by atoms with Gasteiger partial charge in [0.15, 0.2) is 0 Å². The number of rotatable bonds is 8. The molecular weight excluding hydrogens is 582 g/mol. The van der Waals surface area contributed by atoms with Gasteiger partial charge >= 0.3 is 0 Å². The smallest absolute Gasteiger partial charge is 0.256 e. The second-order valence-corrected chi connectivity index (χ2v) is 13.6. The van der Waals surface area contributed by atoms with Crippen molar-refractivity contribution in [3.63, 3.8) is 0 Å². The van der Waals surface area contributed by atoms with Gasteiger partial charge in [-0.2, -0.15) is 0 Å². The normalized spacial score (nSPS) is 15.3. The Kier molecular flexibility index (Phi) is 7.53. The number of benzene rings is 4. The van der Waals surface area contributed by atoms with Crippen LogP contribution in [0.25, 0.3) is 11.0 Å². The SMILES string of the molecule is CCN(CC)c1ccc2c(c1)Oc1cc(N(CC)CC)ccc1C21c2ccccc2C(=O)N1[C@H](c1nc2ccccc2[nH]1)C(C)(C)C. The third-order valence-corrected chi connectivity index (χ3v) is 10.1. The highest BCUT2D eigenvalue weighted by atomic mass is 16.5. The van der Waals surface area contributed by atoms with Gasteiger partial charge in [0.05, 0.1) is 17.1 Å². The zero-order chi connectivity index (χ0) is 33.1. The Bertz CT molecular complexity index is 1870. The van der Waals surface area contributed by atoms with Crippen LogP contribution < -0.4 is 14.5 Å². The molecule has 7 rings (SSSR count). The molecule has 1 N–H and O–H groups in total. The first-order valence-corrected chi connectivity index (χ1v) is 17.0. The fourth-order valence-corrected chi connectivity index (χ4v) is 7.90. The van der Waals surface area contributed by atoms with E-state index in [0.717, 1.165) is 82.6 Å². The molecule has 47 heavy (non-hydrogen) atoms. The number of anilines is 2. The summed E-state index contributed by atoms with van der Waals surface area (Å²) in [5.74, 6) is 2.30. The molecule has 0 radical (unpaired) electrons. The molecular formula is C40H45N5O2. The summed E-state index contributed by atoms with van der Waals surface area (Å²) in [5, 5.41) is 0. The number of hydrogen-bond acceptors (Lipinski definition) is 5. The Morgan fingerprint density at radius 2 is 1.32 bits per heavy atom. The van der Waals surface area contributed by atoms with Crippen LogP contribution in [0.3, 0.4) is 0 Å². The lowest BCUT2D eigenvalue weighted by molar-refractivity contribution is 0.0272. The van der Waals surface area contributed by atoms with Crippen LogP contribution in [0.2, 0.25) is 0 Å². The summed E-state index contributed by atoms with van der Waals surface area (Å²) < 4.78 is 6.93. The van der Waals surface area contributed by atoms with Gasteiger partial charge in [0.25, 0.3) is 5.91 Å². The van der Waals surface area contributed by atoms with E-state index >= 15 is 4.79 Å². The standard InChI is InChI=1S/C40H45N5O2/c1-8-43(9-2)26-20-22-30-34(24-26)47-35-25-27(44(10-3)11-4)21-23-31(35)40(30)29-17-13-12-16-28(29)38(46)45(40)36(39(5,6)7)37-41-32-18-14-15-19-33(32)42-37/h12-25,36H,8-11H2,1-7H3,(H,41,42)/t36-/m1/s1. The van der Waals surface area contributed by atoms with Crippen LogP contribution in [0.15, 0.2) is 84.9 Å². The van der Waals surface area contributed by atoms with Gasteiger partial charge < -0.3 is 24.4 Å². The number of nitrogens with zero attached hydrogens (tertiary/aromatic N) is 4. The number of H-pyrrole nitrogens is 1. The molecule has 1 atom stereocenters. The molecule has 0 unspecified atom stereocenters. The van der Waals surface area contributed by atoms with Crippen LogP contribution in [0.4, 0.5) is 11.4 Å². The summed E-state index contributed by atoms with van der Waals surface area (Å²) in [4.78, 5) is 30.7. The molecule has 1 aromatic heterocycles. The van der Waals surface area contributed by atoms with E-state index in [1.54, 1.807) is 0 Å². The molecule has 2 aliphatic rings. The lowest BCUT2D eigenvalue weighted by Gasteiger charge is -2.50. The highest BCUT2D eigenvalue weighted by Gasteiger charge is 2.60. The van der Waals surface area contributed by atoms with E-state index in [4.69, 9.17) is 9.72 Å². The number of aromatic amines is 1. The number of amides is 1. The third-order valence-electron chi connectivity index (χ3n) is 10.1. The summed E-state index contributed by atoms with van der Waals surface area (Å²) in [5.41, 5.74) is 6.27. The van der Waals surface area contributed by atoms with Crippen LogP contribution in [0.5, 0.6) is 11.5 Å². The van der Waals surface area contributed by atoms with E-state index in [9.17, 15) is 0 Å². The van der Waals surface area contributed by atoms with Crippen LogP contribution >= 0.6 is 0 Å². The van der Waals surface area contributed by atoms with Crippen LogP contribution in [-0.4, -0.2) is 47.0 Å². The van der Waals surface area contributed by atoms with Crippen molar-refractivity contribution >= 4 is 28.3 Å². The monoisotopic (exact) mass is 627 g/mol. The largest absolute Gasteiger partial charge is 0.456 e. The number of fused-ring (bicyclic) bond motifs is 7. The first-order valence-electron chi connectivity index (χ1n) is 17.0. The zero-order valence-electron chi connectivity index (χ0n) is 28.6. The number of hydrogen-bond donors (Lipinski definition) is 1. The van der Waals surface area contributed by atoms with Crippen LogP contribution in [0, 0.1) is 5.41 Å². The minimum absolute atomic E-state index is 0.0135. The van der Waals surface area contributed by atoms with Crippen molar-refractivity contribution in [3.8, 4) is 11.5 Å². The average molecular weight is 628 g/mol. The van der Waals surface area contributed by atoms with E-state index in [2.05, 4.69) is 111 Å². The molecule has 2 aliphatic heterocycles. The number of ether oxygens (including phenoxy) is 1. The Balaban J connectivity index is 1.58. The van der Waals surface area contributed by atoms with Crippen molar-refractivity contribution in [1.82, 2.24) is 14.9 Å². The summed E-state index contributed by atoms with van der Waals surface area (Å²) in [6.45, 7) is 18.8. The second kappa shape index (κ2) is 11.5. The summed E-state index contributed by atoms with van der Waals surface area (Å²) in [6, 6.07) is 28.9. The number of carbonyl (C=O) groups excluding carboxylic acids is 1. The van der Waals surface area contributed by atoms with Crippen molar-refractivity contribution in [2.75, 3.05) is 36.0 Å². The minimum Gasteiger partial charge on any atom is -0.456 e. The Morgan fingerprint density at radius 1 is 0.766 bits per heavy atom. The van der Waals surface area contributed by atoms with Crippen LogP contribution in [0.1, 0.15) is 87.4 Å². The zero-order valence-corrected chi connectivity index (χ0v) is 28.6. The van der Waals surface area contributed by atoms with E-state index in [1.807, 2.05) is 42.5 Å². The molecule has 0 bridgehead atoms. The fourth-order valence-electron chi connectivity index (χ4n) is 7.90. The Labute approximate surface area is 278 Å². The van der Waals surface area contributed by atoms with Gasteiger partial charge in [-0.05, 0) is 69.0 Å². The number of aromatic nitrogens is 2. The highest BCUT2D eigenvalue weighted by Crippen LogP contribution is 2.61. The van der Waals surface area contributed by atoms with Crippen molar-refractivity contribution in [2.45, 2.75) is 60.0 Å². The van der Waals surface area contributed by atoms with Crippen molar-refractivity contribution in [2.24, 2.45) is 5.41 Å². The lowest BCUT2D eigenvalue weighted by Crippen LogP contribution is -2.52. The molecule has 3 heterocycles. The Morgan fingerprint density at radius 3 is 1.87 bits per heavy atom. The fraction of sp³-hybridized carbons (Fsp3) is 0.350. The van der Waals surface area contributed by atoms with Crippen molar-refractivity contribution < 1.29 is 9.53 Å².